The van der Waals surface area contributed by atoms with E-state index in [1.165, 1.54) is 0 Å². The average Bonchev–Trinajstić information content (AvgIpc) is 3.49. The zero-order chi connectivity index (χ0) is 41.1. The van der Waals surface area contributed by atoms with Crippen LogP contribution in [0.25, 0.3) is 0 Å². The SMILES string of the molecule is CC[C@H]1OC(=O)[C@H](C)[C@H]2OCC(NC(=O)NCc3ccccc3)CO[C@](C)(C[C@@H](C)C(=O)[C@H](C)[C@@H]3NC(=O)O[C@]13C)[C@H](O[C@@H]1O[C@H](C)C[C@H](N(C)C)[C@H]1O)[C@@H]2C. The molecule has 0 saturated carbocycles. The van der Waals surface area contributed by atoms with Crippen LogP contribution in [0.4, 0.5) is 9.59 Å². The van der Waals surface area contributed by atoms with Gasteiger partial charge in [-0.1, -0.05) is 58.0 Å². The number of nitrogens with zero attached hydrogens (tertiary/aromatic N) is 1. The molecular formula is C41H64N4O11. The van der Waals surface area contributed by atoms with Crippen LogP contribution in [0.5, 0.6) is 0 Å². The predicted octanol–water partition coefficient (Wildman–Crippen LogP) is 3.55. The number of cyclic esters (lactones) is 1. The summed E-state index contributed by atoms with van der Waals surface area (Å²) < 4.78 is 38.7. The van der Waals surface area contributed by atoms with Crippen molar-refractivity contribution < 1.29 is 52.7 Å². The smallest absolute Gasteiger partial charge is 0.408 e. The standard InChI is InChI=1S/C41H64N4O11/c1-11-30-41(8)34(44-39(50)56-41)24(4)31(46)22(2)18-40(7)35(55-37-32(47)29(45(9)10)17-23(3)53-37)25(5)33(26(6)36(48)54-30)51-20-28(21-52-40)43-38(49)42-19-27-15-13-12-14-16-27/h12-16,22-26,28-30,32-35,37,47H,11,17-21H2,1-10H3,(H,44,50)(H2,42,43,49)/t22-,23-,24+,25-,26-,28?,29+,30-,32-,33+,34+,35-,37+,40-,41-/m1/s1. The molecule has 4 aliphatic heterocycles. The molecular weight excluding hydrogens is 724 g/mol. The molecule has 15 heteroatoms. The summed E-state index contributed by atoms with van der Waals surface area (Å²) in [7, 11) is 3.79. The third kappa shape index (κ3) is 9.50. The van der Waals surface area contributed by atoms with Crippen molar-refractivity contribution in [3.05, 3.63) is 35.9 Å². The van der Waals surface area contributed by atoms with Gasteiger partial charge in [-0.25, -0.2) is 9.59 Å². The number of likely N-dealkylation sites (N-methyl/N-ethyl adjacent to an activating group) is 1. The lowest BCUT2D eigenvalue weighted by Crippen LogP contribution is -2.60. The molecule has 4 aliphatic rings. The van der Waals surface area contributed by atoms with Gasteiger partial charge >= 0.3 is 18.1 Å². The van der Waals surface area contributed by atoms with Crippen molar-refractivity contribution in [1.29, 1.82) is 0 Å². The first kappa shape index (κ1) is 43.8. The van der Waals surface area contributed by atoms with Crippen LogP contribution in [-0.4, -0.2) is 127 Å². The van der Waals surface area contributed by atoms with Gasteiger partial charge in [0.15, 0.2) is 11.9 Å². The van der Waals surface area contributed by atoms with E-state index in [4.69, 9.17) is 28.4 Å². The number of ether oxygens (including phenoxy) is 6. The predicted molar refractivity (Wildman–Crippen MR) is 205 cm³/mol. The average molecular weight is 789 g/mol. The zero-order valence-electron chi connectivity index (χ0n) is 34.6. The molecule has 15 nitrogen and oxygen atoms in total. The van der Waals surface area contributed by atoms with Crippen LogP contribution in [-0.2, 0) is 44.6 Å². The number of aliphatic hydroxyl groups excluding tert-OH is 1. The maximum absolute atomic E-state index is 14.5. The highest BCUT2D eigenvalue weighted by atomic mass is 16.7. The zero-order valence-corrected chi connectivity index (χ0v) is 34.6. The molecule has 0 aliphatic carbocycles. The fraction of sp³-hybridized carbons (Fsp3) is 0.756. The highest BCUT2D eigenvalue weighted by molar-refractivity contribution is 5.85. The number of urea groups is 1. The van der Waals surface area contributed by atoms with E-state index >= 15 is 0 Å². The Hall–Kier alpha value is -3.34. The summed E-state index contributed by atoms with van der Waals surface area (Å²) in [6.07, 6.45) is -4.68. The lowest BCUT2D eigenvalue weighted by Gasteiger charge is -2.48. The molecule has 4 fully saturated rings. The second kappa shape index (κ2) is 18.1. The van der Waals surface area contributed by atoms with E-state index in [1.807, 2.05) is 83.9 Å². The normalized spacial score (nSPS) is 41.2. The van der Waals surface area contributed by atoms with Gasteiger partial charge < -0.3 is 54.4 Å². The fourth-order valence-electron chi connectivity index (χ4n) is 9.23. The number of ketones is 1. The van der Waals surface area contributed by atoms with Gasteiger partial charge in [-0.05, 0) is 66.6 Å². The summed E-state index contributed by atoms with van der Waals surface area (Å²) in [5.41, 5.74) is -1.68. The maximum atomic E-state index is 14.5. The van der Waals surface area contributed by atoms with Gasteiger partial charge in [0.25, 0.3) is 0 Å². The second-order valence-electron chi connectivity index (χ2n) is 17.0. The van der Waals surface area contributed by atoms with Crippen LogP contribution < -0.4 is 16.0 Å². The number of aliphatic hydroxyl groups is 1. The van der Waals surface area contributed by atoms with Crippen molar-refractivity contribution in [3.8, 4) is 0 Å². The minimum absolute atomic E-state index is 0.0273. The molecule has 0 spiro atoms. The summed E-state index contributed by atoms with van der Waals surface area (Å²) in [4.78, 5) is 56.8. The van der Waals surface area contributed by atoms with E-state index in [0.29, 0.717) is 19.4 Å². The van der Waals surface area contributed by atoms with Gasteiger partial charge in [0.2, 0.25) is 0 Å². The van der Waals surface area contributed by atoms with E-state index in [0.717, 1.165) is 5.56 Å². The minimum atomic E-state index is -1.34. The number of amides is 3. The first-order valence-electron chi connectivity index (χ1n) is 20.1. The number of benzene rings is 1. The Bertz CT molecular complexity index is 1530. The molecule has 3 amide bonds. The van der Waals surface area contributed by atoms with Gasteiger partial charge in [-0.15, -0.1) is 0 Å². The first-order valence-corrected chi connectivity index (χ1v) is 20.1. The number of nitrogens with one attached hydrogen (secondary N) is 3. The van der Waals surface area contributed by atoms with Crippen molar-refractivity contribution >= 4 is 23.9 Å². The molecule has 4 heterocycles. The van der Waals surface area contributed by atoms with E-state index < -0.39 is 95.8 Å². The van der Waals surface area contributed by atoms with Gasteiger partial charge in [-0.2, -0.15) is 0 Å². The molecule has 56 heavy (non-hydrogen) atoms. The minimum Gasteiger partial charge on any atom is -0.458 e. The third-order valence-corrected chi connectivity index (χ3v) is 12.4. The maximum Gasteiger partial charge on any atom is 0.408 e. The first-order chi connectivity index (χ1) is 26.4. The number of fused-ring (bicyclic) bond motifs is 4. The molecule has 1 aromatic carbocycles. The number of carbonyl (C=O) groups excluding carboxylic acids is 4. The molecule has 0 radical (unpaired) electrons. The highest BCUT2D eigenvalue weighted by Gasteiger charge is 2.57. The van der Waals surface area contributed by atoms with Crippen LogP contribution in [0.15, 0.2) is 30.3 Å². The summed E-state index contributed by atoms with van der Waals surface area (Å²) in [6, 6.07) is 7.34. The molecule has 4 N–H and O–H groups in total. The van der Waals surface area contributed by atoms with Crippen molar-refractivity contribution in [2.45, 2.75) is 147 Å². The van der Waals surface area contributed by atoms with Gasteiger partial charge in [0, 0.05) is 30.3 Å². The molecule has 15 atom stereocenters. The Morgan fingerprint density at radius 2 is 1.73 bits per heavy atom. The number of hydrogen-bond acceptors (Lipinski definition) is 12. The van der Waals surface area contributed by atoms with Gasteiger partial charge in [0.1, 0.15) is 18.0 Å². The monoisotopic (exact) mass is 788 g/mol. The number of alkyl carbamates (subject to hydrolysis) is 1. The van der Waals surface area contributed by atoms with Crippen LogP contribution >= 0.6 is 0 Å². The quantitative estimate of drug-likeness (QED) is 0.296. The third-order valence-electron chi connectivity index (χ3n) is 12.4. The summed E-state index contributed by atoms with van der Waals surface area (Å²) in [6.45, 7) is 14.7. The van der Waals surface area contributed by atoms with Crippen LogP contribution in [0.2, 0.25) is 0 Å². The molecule has 5 rings (SSSR count). The van der Waals surface area contributed by atoms with E-state index in [1.54, 1.807) is 20.8 Å². The van der Waals surface area contributed by atoms with Crippen LogP contribution in [0.3, 0.4) is 0 Å². The number of carbonyl (C=O) groups is 4. The summed E-state index contributed by atoms with van der Waals surface area (Å²) in [5.74, 6) is -3.64. The Labute approximate surface area is 331 Å². The second-order valence-corrected chi connectivity index (χ2v) is 17.0. The lowest BCUT2D eigenvalue weighted by molar-refractivity contribution is -0.302. The molecule has 4 saturated heterocycles. The summed E-state index contributed by atoms with van der Waals surface area (Å²) in [5, 5.41) is 20.3. The summed E-state index contributed by atoms with van der Waals surface area (Å²) >= 11 is 0. The van der Waals surface area contributed by atoms with Crippen molar-refractivity contribution in [2.75, 3.05) is 27.3 Å². The molecule has 1 unspecified atom stereocenters. The van der Waals surface area contributed by atoms with Gasteiger partial charge in [0.05, 0.1) is 55.1 Å². The number of Topliss-reactive ketones (excluding diaryl/α,β-unsaturated/α-hetero) is 1. The van der Waals surface area contributed by atoms with Gasteiger partial charge in [-0.3, -0.25) is 9.59 Å². The number of esters is 1. The van der Waals surface area contributed by atoms with Crippen molar-refractivity contribution in [1.82, 2.24) is 20.9 Å². The number of rotatable bonds is 7. The van der Waals surface area contributed by atoms with E-state index in [-0.39, 0.29) is 37.6 Å². The van der Waals surface area contributed by atoms with Crippen LogP contribution in [0.1, 0.15) is 80.2 Å². The Morgan fingerprint density at radius 1 is 1.04 bits per heavy atom. The fourth-order valence-corrected chi connectivity index (χ4v) is 9.23. The van der Waals surface area contributed by atoms with Crippen molar-refractivity contribution in [3.63, 3.8) is 0 Å². The Kier molecular flexibility index (Phi) is 14.1. The molecule has 314 valence electrons. The topological polar surface area (TPSA) is 183 Å². The van der Waals surface area contributed by atoms with E-state index in [2.05, 4.69) is 16.0 Å². The van der Waals surface area contributed by atoms with E-state index in [9.17, 15) is 24.3 Å². The molecule has 0 aromatic heterocycles. The Morgan fingerprint density at radius 3 is 2.39 bits per heavy atom. The largest absolute Gasteiger partial charge is 0.458 e. The van der Waals surface area contributed by atoms with Crippen molar-refractivity contribution in [2.24, 2.45) is 23.7 Å². The molecule has 2 bridgehead atoms. The Balaban J connectivity index is 1.56. The lowest BCUT2D eigenvalue weighted by atomic mass is 9.73. The number of hydrogen-bond donors (Lipinski definition) is 4. The highest BCUT2D eigenvalue weighted by Crippen LogP contribution is 2.42. The molecule has 1 aromatic rings. The van der Waals surface area contributed by atoms with Crippen LogP contribution in [0, 0.1) is 23.7 Å².